The van der Waals surface area contributed by atoms with E-state index in [2.05, 4.69) is 0 Å². The van der Waals surface area contributed by atoms with E-state index < -0.39 is 10.1 Å². The first-order chi connectivity index (χ1) is 9.35. The lowest BCUT2D eigenvalue weighted by atomic mass is 10.0. The monoisotopic (exact) mass is 300 g/mol. The minimum Gasteiger partial charge on any atom is -0.487 e. The number of aryl methyl sites for hydroxylation is 1. The van der Waals surface area contributed by atoms with Crippen molar-refractivity contribution < 1.29 is 22.1 Å². The van der Waals surface area contributed by atoms with E-state index in [1.165, 1.54) is 0 Å². The zero-order chi connectivity index (χ0) is 14.8. The standard InChI is InChI=1S/C14H20O5S/c1-10(2)18-13-6-4-5-11-7-8-12(19-14(11)13)9-17-20(3,15)16/h4-6,10,12H,7-9H2,1-3H3/t12-/m1/s1. The fraction of sp³-hybridized carbons (Fsp3) is 0.571. The summed E-state index contributed by atoms with van der Waals surface area (Å²) in [5, 5.41) is 0. The first-order valence-corrected chi connectivity index (χ1v) is 8.46. The zero-order valence-electron chi connectivity index (χ0n) is 12.0. The van der Waals surface area contributed by atoms with Gasteiger partial charge >= 0.3 is 0 Å². The lowest BCUT2D eigenvalue weighted by Crippen LogP contribution is -2.29. The molecule has 1 heterocycles. The van der Waals surface area contributed by atoms with Crippen molar-refractivity contribution in [1.29, 1.82) is 0 Å². The maximum absolute atomic E-state index is 11.0. The van der Waals surface area contributed by atoms with Gasteiger partial charge in [0.05, 0.1) is 12.4 Å². The lowest BCUT2D eigenvalue weighted by molar-refractivity contribution is 0.105. The molecule has 5 nitrogen and oxygen atoms in total. The highest BCUT2D eigenvalue weighted by Gasteiger charge is 2.24. The van der Waals surface area contributed by atoms with Crippen LogP contribution < -0.4 is 9.47 Å². The van der Waals surface area contributed by atoms with Gasteiger partial charge in [0.15, 0.2) is 11.5 Å². The molecule has 1 aromatic rings. The molecular weight excluding hydrogens is 280 g/mol. The Kier molecular flexibility index (Phi) is 4.55. The van der Waals surface area contributed by atoms with Crippen LogP contribution in [0.25, 0.3) is 0 Å². The summed E-state index contributed by atoms with van der Waals surface area (Å²) in [6, 6.07) is 5.79. The molecule has 2 rings (SSSR count). The van der Waals surface area contributed by atoms with Crippen molar-refractivity contribution in [1.82, 2.24) is 0 Å². The van der Waals surface area contributed by atoms with Gasteiger partial charge in [-0.1, -0.05) is 12.1 Å². The second-order valence-electron chi connectivity index (χ2n) is 5.18. The van der Waals surface area contributed by atoms with E-state index in [0.717, 1.165) is 24.7 Å². The normalized spacial score (nSPS) is 18.5. The molecule has 6 heteroatoms. The van der Waals surface area contributed by atoms with Crippen molar-refractivity contribution in [2.45, 2.75) is 38.9 Å². The summed E-state index contributed by atoms with van der Waals surface area (Å²) < 4.78 is 38.4. The molecule has 0 N–H and O–H groups in total. The third-order valence-corrected chi connectivity index (χ3v) is 3.48. The summed E-state index contributed by atoms with van der Waals surface area (Å²) in [7, 11) is -3.44. The topological polar surface area (TPSA) is 61.8 Å². The van der Waals surface area contributed by atoms with E-state index in [0.29, 0.717) is 11.5 Å². The SMILES string of the molecule is CC(C)Oc1cccc2c1O[C@@H](COS(C)(=O)=O)CC2. The molecule has 20 heavy (non-hydrogen) atoms. The predicted octanol–water partition coefficient (Wildman–Crippen LogP) is 2.14. The molecule has 0 saturated carbocycles. The predicted molar refractivity (Wildman–Crippen MR) is 75.7 cm³/mol. The van der Waals surface area contributed by atoms with Crippen LogP contribution in [-0.2, 0) is 20.7 Å². The number of hydrogen-bond donors (Lipinski definition) is 0. The van der Waals surface area contributed by atoms with Gasteiger partial charge in [-0.25, -0.2) is 0 Å². The number of fused-ring (bicyclic) bond motifs is 1. The number of rotatable bonds is 5. The van der Waals surface area contributed by atoms with Crippen LogP contribution in [0, 0.1) is 0 Å². The van der Waals surface area contributed by atoms with Gasteiger partial charge in [-0.2, -0.15) is 8.42 Å². The number of ether oxygens (including phenoxy) is 2. The summed E-state index contributed by atoms with van der Waals surface area (Å²) in [6.07, 6.45) is 2.37. The third-order valence-electron chi connectivity index (χ3n) is 2.91. The third kappa shape index (κ3) is 4.11. The Morgan fingerprint density at radius 1 is 1.40 bits per heavy atom. The highest BCUT2D eigenvalue weighted by molar-refractivity contribution is 7.85. The van der Waals surface area contributed by atoms with Gasteiger partial charge in [-0.3, -0.25) is 4.18 Å². The van der Waals surface area contributed by atoms with E-state index in [9.17, 15) is 8.42 Å². The molecule has 0 aromatic heterocycles. The number of para-hydroxylation sites is 1. The van der Waals surface area contributed by atoms with Crippen molar-refractivity contribution in [2.75, 3.05) is 12.9 Å². The largest absolute Gasteiger partial charge is 0.487 e. The average molecular weight is 300 g/mol. The van der Waals surface area contributed by atoms with Crippen LogP contribution in [0.15, 0.2) is 18.2 Å². The Bertz CT molecular complexity index is 565. The smallest absolute Gasteiger partial charge is 0.264 e. The molecule has 1 aliphatic rings. The van der Waals surface area contributed by atoms with Gasteiger partial charge in [0.2, 0.25) is 0 Å². The van der Waals surface area contributed by atoms with Gasteiger partial charge in [-0.15, -0.1) is 0 Å². The maximum atomic E-state index is 11.0. The Labute approximate surface area is 120 Å². The Morgan fingerprint density at radius 2 is 2.15 bits per heavy atom. The van der Waals surface area contributed by atoms with Crippen molar-refractivity contribution in [2.24, 2.45) is 0 Å². The van der Waals surface area contributed by atoms with Crippen LogP contribution in [0.1, 0.15) is 25.8 Å². The molecule has 1 aromatic carbocycles. The summed E-state index contributed by atoms with van der Waals surface area (Å²) in [4.78, 5) is 0. The van der Waals surface area contributed by atoms with Gasteiger partial charge in [0.1, 0.15) is 12.7 Å². The maximum Gasteiger partial charge on any atom is 0.264 e. The minimum atomic E-state index is -3.44. The molecule has 0 aliphatic carbocycles. The molecule has 112 valence electrons. The van der Waals surface area contributed by atoms with Gasteiger partial charge < -0.3 is 9.47 Å². The molecule has 1 aliphatic heterocycles. The van der Waals surface area contributed by atoms with Crippen LogP contribution in [0.5, 0.6) is 11.5 Å². The van der Waals surface area contributed by atoms with Crippen molar-refractivity contribution in [3.63, 3.8) is 0 Å². The van der Waals surface area contributed by atoms with Crippen LogP contribution >= 0.6 is 0 Å². The van der Waals surface area contributed by atoms with Gasteiger partial charge in [0.25, 0.3) is 10.1 Å². The highest BCUT2D eigenvalue weighted by Crippen LogP contribution is 2.37. The Morgan fingerprint density at radius 3 is 2.80 bits per heavy atom. The molecular formula is C14H20O5S. The molecule has 0 amide bonds. The fourth-order valence-corrected chi connectivity index (χ4v) is 2.50. The fourth-order valence-electron chi connectivity index (χ4n) is 2.10. The van der Waals surface area contributed by atoms with Crippen LogP contribution in [-0.4, -0.2) is 33.5 Å². The number of benzene rings is 1. The number of hydrogen-bond acceptors (Lipinski definition) is 5. The van der Waals surface area contributed by atoms with Crippen molar-refractivity contribution in [3.05, 3.63) is 23.8 Å². The van der Waals surface area contributed by atoms with Gasteiger partial charge in [-0.05, 0) is 38.3 Å². The summed E-state index contributed by atoms with van der Waals surface area (Å²) >= 11 is 0. The molecule has 0 saturated heterocycles. The second kappa shape index (κ2) is 6.01. The lowest BCUT2D eigenvalue weighted by Gasteiger charge is -2.27. The van der Waals surface area contributed by atoms with E-state index >= 15 is 0 Å². The molecule has 0 unspecified atom stereocenters. The van der Waals surface area contributed by atoms with Crippen molar-refractivity contribution in [3.8, 4) is 11.5 Å². The summed E-state index contributed by atoms with van der Waals surface area (Å²) in [5.41, 5.74) is 1.08. The molecule has 0 bridgehead atoms. The summed E-state index contributed by atoms with van der Waals surface area (Å²) in [6.45, 7) is 3.94. The van der Waals surface area contributed by atoms with Crippen LogP contribution in [0.4, 0.5) is 0 Å². The van der Waals surface area contributed by atoms with E-state index in [1.807, 2.05) is 32.0 Å². The highest BCUT2D eigenvalue weighted by atomic mass is 32.2. The van der Waals surface area contributed by atoms with E-state index in [1.54, 1.807) is 0 Å². The first-order valence-electron chi connectivity index (χ1n) is 6.65. The Hall–Kier alpha value is -1.27. The Balaban J connectivity index is 2.11. The average Bonchev–Trinajstić information content (AvgIpc) is 2.35. The van der Waals surface area contributed by atoms with E-state index in [-0.39, 0.29) is 18.8 Å². The zero-order valence-corrected chi connectivity index (χ0v) is 12.8. The second-order valence-corrected chi connectivity index (χ2v) is 6.82. The van der Waals surface area contributed by atoms with Crippen LogP contribution in [0.2, 0.25) is 0 Å². The van der Waals surface area contributed by atoms with Gasteiger partial charge in [0, 0.05) is 0 Å². The minimum absolute atomic E-state index is 0.0360. The quantitative estimate of drug-likeness (QED) is 0.780. The molecule has 0 radical (unpaired) electrons. The molecule has 1 atom stereocenters. The van der Waals surface area contributed by atoms with Crippen LogP contribution in [0.3, 0.4) is 0 Å². The molecule has 0 spiro atoms. The van der Waals surface area contributed by atoms with Crippen molar-refractivity contribution >= 4 is 10.1 Å². The summed E-state index contributed by atoms with van der Waals surface area (Å²) in [5.74, 6) is 1.40. The first kappa shape index (κ1) is 15.1. The van der Waals surface area contributed by atoms with E-state index in [4.69, 9.17) is 13.7 Å². The molecule has 0 fully saturated rings.